The lowest BCUT2D eigenvalue weighted by atomic mass is 10.1. The Kier molecular flexibility index (Phi) is 5.37. The maximum Gasteiger partial charge on any atom is 0.391 e. The van der Waals surface area contributed by atoms with Crippen molar-refractivity contribution in [2.45, 2.75) is 19.2 Å². The summed E-state index contributed by atoms with van der Waals surface area (Å²) in [4.78, 5) is 0.210. The van der Waals surface area contributed by atoms with Crippen molar-refractivity contribution in [2.75, 3.05) is 6.61 Å². The molecule has 0 saturated carbocycles. The van der Waals surface area contributed by atoms with Crippen LogP contribution in [0.5, 0.6) is 0 Å². The lowest BCUT2D eigenvalue weighted by molar-refractivity contribution is -0.146. The number of hydrogen-bond donors (Lipinski definition) is 1. The second-order valence-corrected chi connectivity index (χ2v) is 4.44. The first-order valence-electron chi connectivity index (χ1n) is 5.02. The highest BCUT2D eigenvalue weighted by Gasteiger charge is 2.26. The van der Waals surface area contributed by atoms with Crippen molar-refractivity contribution in [1.82, 2.24) is 0 Å². The van der Waals surface area contributed by atoms with Crippen LogP contribution in [0.15, 0.2) is 18.2 Å². The molecule has 0 fully saturated rings. The van der Waals surface area contributed by atoms with Crippen LogP contribution in [0.2, 0.25) is 5.02 Å². The molecule has 0 spiro atoms. The molecule has 0 aromatic heterocycles. The fourth-order valence-corrected chi connectivity index (χ4v) is 1.55. The SMILES string of the molecule is NC(=S)c1ccc(COCCC(F)(F)F)c(Cl)c1. The molecular formula is C11H11ClF3NOS. The highest BCUT2D eigenvalue weighted by atomic mass is 35.5. The highest BCUT2D eigenvalue weighted by molar-refractivity contribution is 7.80. The molecule has 0 saturated heterocycles. The molecule has 0 aliphatic carbocycles. The summed E-state index contributed by atoms with van der Waals surface area (Å²) in [5.41, 5.74) is 6.62. The summed E-state index contributed by atoms with van der Waals surface area (Å²) in [5.74, 6) is 0. The quantitative estimate of drug-likeness (QED) is 0.668. The van der Waals surface area contributed by atoms with Crippen molar-refractivity contribution in [3.63, 3.8) is 0 Å². The molecule has 0 amide bonds. The van der Waals surface area contributed by atoms with Crippen molar-refractivity contribution in [3.8, 4) is 0 Å². The Labute approximate surface area is 113 Å². The van der Waals surface area contributed by atoms with Gasteiger partial charge < -0.3 is 10.5 Å². The van der Waals surface area contributed by atoms with Gasteiger partial charge in [0.1, 0.15) is 4.99 Å². The minimum Gasteiger partial charge on any atom is -0.389 e. The fraction of sp³-hybridized carbons (Fsp3) is 0.364. The number of halogens is 4. The normalized spacial score (nSPS) is 11.6. The standard InChI is InChI=1S/C11H11ClF3NOS/c12-9-5-7(10(16)18)1-2-8(9)6-17-4-3-11(13,14)15/h1-2,5H,3-4,6H2,(H2,16,18). The van der Waals surface area contributed by atoms with E-state index < -0.39 is 19.2 Å². The molecule has 0 bridgehead atoms. The van der Waals surface area contributed by atoms with Gasteiger partial charge in [0.15, 0.2) is 0 Å². The number of alkyl halides is 3. The minimum atomic E-state index is -4.21. The van der Waals surface area contributed by atoms with Gasteiger partial charge in [0.2, 0.25) is 0 Å². The zero-order valence-corrected chi connectivity index (χ0v) is 10.8. The van der Waals surface area contributed by atoms with Crippen LogP contribution in [0.25, 0.3) is 0 Å². The van der Waals surface area contributed by atoms with Crippen LogP contribution in [0.3, 0.4) is 0 Å². The summed E-state index contributed by atoms with van der Waals surface area (Å²) in [6.07, 6.45) is -5.19. The Morgan fingerprint density at radius 3 is 2.56 bits per heavy atom. The lowest BCUT2D eigenvalue weighted by Crippen LogP contribution is -2.12. The topological polar surface area (TPSA) is 35.2 Å². The third-order valence-electron chi connectivity index (χ3n) is 2.13. The molecular weight excluding hydrogens is 287 g/mol. The van der Waals surface area contributed by atoms with Crippen LogP contribution >= 0.6 is 23.8 Å². The summed E-state index contributed by atoms with van der Waals surface area (Å²) < 4.78 is 40.5. The van der Waals surface area contributed by atoms with Crippen molar-refractivity contribution < 1.29 is 17.9 Å². The molecule has 0 aliphatic heterocycles. The number of benzene rings is 1. The molecule has 0 unspecified atom stereocenters. The Balaban J connectivity index is 2.51. The average molecular weight is 298 g/mol. The van der Waals surface area contributed by atoms with Crippen molar-refractivity contribution in [2.24, 2.45) is 5.73 Å². The van der Waals surface area contributed by atoms with Crippen LogP contribution in [0, 0.1) is 0 Å². The first kappa shape index (κ1) is 15.2. The van der Waals surface area contributed by atoms with Gasteiger partial charge in [-0.3, -0.25) is 0 Å². The van der Waals surface area contributed by atoms with Crippen LogP contribution in [0.1, 0.15) is 17.5 Å². The molecule has 1 aromatic rings. The van der Waals surface area contributed by atoms with Crippen molar-refractivity contribution in [1.29, 1.82) is 0 Å². The van der Waals surface area contributed by atoms with E-state index in [-0.39, 0.29) is 11.6 Å². The number of ether oxygens (including phenoxy) is 1. The van der Waals surface area contributed by atoms with E-state index in [1.807, 2.05) is 0 Å². The van der Waals surface area contributed by atoms with E-state index in [9.17, 15) is 13.2 Å². The molecule has 18 heavy (non-hydrogen) atoms. The van der Waals surface area contributed by atoms with Gasteiger partial charge in [0.05, 0.1) is 19.6 Å². The van der Waals surface area contributed by atoms with Gasteiger partial charge in [-0.15, -0.1) is 0 Å². The molecule has 2 N–H and O–H groups in total. The van der Waals surface area contributed by atoms with E-state index in [1.165, 1.54) is 0 Å². The third kappa shape index (κ3) is 5.20. The van der Waals surface area contributed by atoms with Crippen LogP contribution in [-0.4, -0.2) is 17.8 Å². The predicted molar refractivity (Wildman–Crippen MR) is 67.7 cm³/mol. The molecule has 0 aliphatic rings. The number of rotatable bonds is 5. The summed E-state index contributed by atoms with van der Waals surface area (Å²) in [5, 5.41) is 0.368. The summed E-state index contributed by atoms with van der Waals surface area (Å²) >= 11 is 10.7. The van der Waals surface area contributed by atoms with Gasteiger partial charge in [-0.2, -0.15) is 13.2 Å². The van der Waals surface area contributed by atoms with E-state index in [0.717, 1.165) is 0 Å². The molecule has 1 rings (SSSR count). The maximum atomic E-state index is 11.9. The molecule has 1 aromatic carbocycles. The first-order chi connectivity index (χ1) is 8.29. The number of thiocarbonyl (C=S) groups is 1. The lowest BCUT2D eigenvalue weighted by Gasteiger charge is -2.09. The van der Waals surface area contributed by atoms with E-state index in [0.29, 0.717) is 16.1 Å². The first-order valence-corrected chi connectivity index (χ1v) is 5.81. The van der Waals surface area contributed by atoms with Crippen LogP contribution in [0.4, 0.5) is 13.2 Å². The summed E-state index contributed by atoms with van der Waals surface area (Å²) in [6, 6.07) is 4.84. The Morgan fingerprint density at radius 1 is 1.39 bits per heavy atom. The van der Waals surface area contributed by atoms with Gasteiger partial charge in [-0.25, -0.2) is 0 Å². The maximum absolute atomic E-state index is 11.9. The van der Waals surface area contributed by atoms with E-state index in [4.69, 9.17) is 34.3 Å². The predicted octanol–water partition coefficient (Wildman–Crippen LogP) is 3.44. The number of hydrogen-bond acceptors (Lipinski definition) is 2. The van der Waals surface area contributed by atoms with Gasteiger partial charge in [0.25, 0.3) is 0 Å². The fourth-order valence-electron chi connectivity index (χ4n) is 1.19. The Bertz CT molecular complexity index is 437. The molecule has 0 radical (unpaired) electrons. The summed E-state index contributed by atoms with van der Waals surface area (Å²) in [7, 11) is 0. The van der Waals surface area contributed by atoms with Crippen LogP contribution in [-0.2, 0) is 11.3 Å². The zero-order chi connectivity index (χ0) is 13.8. The Morgan fingerprint density at radius 2 is 2.06 bits per heavy atom. The number of nitrogens with two attached hydrogens (primary N) is 1. The molecule has 0 heterocycles. The summed E-state index contributed by atoms with van der Waals surface area (Å²) in [6.45, 7) is -0.372. The second-order valence-electron chi connectivity index (χ2n) is 3.59. The largest absolute Gasteiger partial charge is 0.391 e. The molecule has 100 valence electrons. The average Bonchev–Trinajstić information content (AvgIpc) is 2.24. The van der Waals surface area contributed by atoms with Crippen LogP contribution < -0.4 is 5.73 Å². The van der Waals surface area contributed by atoms with Gasteiger partial charge in [-0.05, 0) is 11.6 Å². The second kappa shape index (κ2) is 6.36. The minimum absolute atomic E-state index is 0.0204. The van der Waals surface area contributed by atoms with Gasteiger partial charge >= 0.3 is 6.18 Å². The van der Waals surface area contributed by atoms with E-state index in [1.54, 1.807) is 18.2 Å². The monoisotopic (exact) mass is 297 g/mol. The van der Waals surface area contributed by atoms with Gasteiger partial charge in [-0.1, -0.05) is 36.0 Å². The Hall–Kier alpha value is -0.850. The van der Waals surface area contributed by atoms with E-state index >= 15 is 0 Å². The molecule has 7 heteroatoms. The highest BCUT2D eigenvalue weighted by Crippen LogP contribution is 2.21. The van der Waals surface area contributed by atoms with Crippen molar-refractivity contribution >= 4 is 28.8 Å². The zero-order valence-electron chi connectivity index (χ0n) is 9.26. The van der Waals surface area contributed by atoms with E-state index in [2.05, 4.69) is 0 Å². The molecule has 0 atom stereocenters. The van der Waals surface area contributed by atoms with Gasteiger partial charge in [0, 0.05) is 10.6 Å². The third-order valence-corrected chi connectivity index (χ3v) is 2.71. The van der Waals surface area contributed by atoms with Crippen molar-refractivity contribution in [3.05, 3.63) is 34.3 Å². The molecule has 2 nitrogen and oxygen atoms in total. The smallest absolute Gasteiger partial charge is 0.389 e.